The van der Waals surface area contributed by atoms with E-state index in [2.05, 4.69) is 39.3 Å². The summed E-state index contributed by atoms with van der Waals surface area (Å²) in [6, 6.07) is 6.68. The van der Waals surface area contributed by atoms with E-state index in [-0.39, 0.29) is 11.9 Å². The van der Waals surface area contributed by atoms with Crippen LogP contribution < -0.4 is 10.6 Å². The van der Waals surface area contributed by atoms with E-state index in [1.165, 1.54) is 29.3 Å². The summed E-state index contributed by atoms with van der Waals surface area (Å²) >= 11 is 2.29. The third kappa shape index (κ3) is 3.01. The van der Waals surface area contributed by atoms with E-state index in [0.717, 1.165) is 17.7 Å². The van der Waals surface area contributed by atoms with E-state index >= 15 is 0 Å². The van der Waals surface area contributed by atoms with Gasteiger partial charge in [0, 0.05) is 15.3 Å². The number of hydrogen-bond donors (Lipinski definition) is 2. The lowest BCUT2D eigenvalue weighted by Gasteiger charge is -2.24. The van der Waals surface area contributed by atoms with Crippen LogP contribution in [0.3, 0.4) is 0 Å². The Kier molecular flexibility index (Phi) is 4.31. The van der Waals surface area contributed by atoms with Crippen LogP contribution in [0.4, 0.5) is 5.69 Å². The Morgan fingerprint density at radius 2 is 2.15 bits per heavy atom. The topological polar surface area (TPSA) is 41.1 Å². The summed E-state index contributed by atoms with van der Waals surface area (Å²) in [5, 5.41) is 6.61. The number of halogens is 1. The third-order valence-corrected chi connectivity index (χ3v) is 5.30. The smallest absolute Gasteiger partial charge is 0.241 e. The Morgan fingerprint density at radius 3 is 2.90 bits per heavy atom. The van der Waals surface area contributed by atoms with Gasteiger partial charge < -0.3 is 10.6 Å². The lowest BCUT2D eigenvalue weighted by molar-refractivity contribution is -0.117. The van der Waals surface area contributed by atoms with Crippen LogP contribution in [0.15, 0.2) is 18.2 Å². The van der Waals surface area contributed by atoms with Crippen molar-refractivity contribution in [3.63, 3.8) is 0 Å². The summed E-state index contributed by atoms with van der Waals surface area (Å²) in [6.45, 7) is 2.04. The van der Waals surface area contributed by atoms with Gasteiger partial charge in [-0.2, -0.15) is 0 Å². The normalized spacial score (nSPS) is 29.0. The fourth-order valence-corrected chi connectivity index (χ4v) is 4.16. The highest BCUT2D eigenvalue weighted by Crippen LogP contribution is 2.33. The second-order valence-corrected chi connectivity index (χ2v) is 7.30. The van der Waals surface area contributed by atoms with Gasteiger partial charge in [-0.1, -0.05) is 12.8 Å². The molecule has 1 aromatic carbocycles. The van der Waals surface area contributed by atoms with Crippen LogP contribution in [0, 0.1) is 16.4 Å². The van der Waals surface area contributed by atoms with Crippen molar-refractivity contribution in [2.24, 2.45) is 5.92 Å². The molecule has 2 aliphatic rings. The molecule has 3 rings (SSSR count). The molecule has 1 heterocycles. The molecule has 20 heavy (non-hydrogen) atoms. The van der Waals surface area contributed by atoms with Gasteiger partial charge in [0.1, 0.15) is 0 Å². The van der Waals surface area contributed by atoms with Crippen molar-refractivity contribution < 1.29 is 4.79 Å². The van der Waals surface area contributed by atoms with Crippen LogP contribution >= 0.6 is 22.6 Å². The first kappa shape index (κ1) is 14.3. The number of anilines is 1. The maximum Gasteiger partial charge on any atom is 0.241 e. The molecule has 108 valence electrons. The molecular formula is C16H21IN2O. The number of hydrogen-bond acceptors (Lipinski definition) is 2. The number of carbonyl (C=O) groups excluding carboxylic acids is 1. The Labute approximate surface area is 134 Å². The van der Waals surface area contributed by atoms with Gasteiger partial charge in [-0.3, -0.25) is 4.79 Å². The third-order valence-electron chi connectivity index (χ3n) is 4.63. The van der Waals surface area contributed by atoms with Gasteiger partial charge in [0.05, 0.1) is 6.04 Å². The van der Waals surface area contributed by atoms with Crippen LogP contribution in [0.25, 0.3) is 0 Å². The minimum Gasteiger partial charge on any atom is -0.324 e. The fourth-order valence-electron chi connectivity index (χ4n) is 3.51. The van der Waals surface area contributed by atoms with Crippen LogP contribution in [-0.2, 0) is 4.79 Å². The fraction of sp³-hybridized carbons (Fsp3) is 0.562. The second kappa shape index (κ2) is 6.02. The van der Waals surface area contributed by atoms with Crippen LogP contribution in [-0.4, -0.2) is 18.0 Å². The van der Waals surface area contributed by atoms with Gasteiger partial charge in [-0.25, -0.2) is 0 Å². The molecule has 1 saturated carbocycles. The molecule has 1 saturated heterocycles. The van der Waals surface area contributed by atoms with Gasteiger partial charge in [0.25, 0.3) is 0 Å². The second-order valence-electron chi connectivity index (χ2n) is 6.05. The van der Waals surface area contributed by atoms with Crippen molar-refractivity contribution >= 4 is 34.2 Å². The summed E-state index contributed by atoms with van der Waals surface area (Å²) in [7, 11) is 0. The maximum absolute atomic E-state index is 12.4. The van der Waals surface area contributed by atoms with Crippen molar-refractivity contribution in [3.8, 4) is 0 Å². The standard InChI is InChI=1S/C16H21IN2O/c1-10-8-12(17)6-7-13(10)19-16(20)15-9-11-4-2-3-5-14(11)18-15/h6-8,11,14-15,18H,2-5,9H2,1H3,(H,19,20). The molecular weight excluding hydrogens is 363 g/mol. The lowest BCUT2D eigenvalue weighted by Crippen LogP contribution is -2.40. The monoisotopic (exact) mass is 384 g/mol. The average Bonchev–Trinajstić information content (AvgIpc) is 2.86. The highest BCUT2D eigenvalue weighted by Gasteiger charge is 2.38. The highest BCUT2D eigenvalue weighted by molar-refractivity contribution is 14.1. The first-order chi connectivity index (χ1) is 9.63. The molecule has 1 aromatic rings. The van der Waals surface area contributed by atoms with E-state index in [9.17, 15) is 4.79 Å². The number of rotatable bonds is 2. The SMILES string of the molecule is Cc1cc(I)ccc1NC(=O)C1CC2CCCCC2N1. The number of nitrogens with one attached hydrogen (secondary N) is 2. The quantitative estimate of drug-likeness (QED) is 0.767. The van der Waals surface area contributed by atoms with Gasteiger partial charge in [0.2, 0.25) is 5.91 Å². The molecule has 2 N–H and O–H groups in total. The van der Waals surface area contributed by atoms with Crippen molar-refractivity contribution in [3.05, 3.63) is 27.3 Å². The predicted molar refractivity (Wildman–Crippen MR) is 89.8 cm³/mol. The molecule has 4 heteroatoms. The van der Waals surface area contributed by atoms with E-state index in [4.69, 9.17) is 0 Å². The van der Waals surface area contributed by atoms with Crippen molar-refractivity contribution in [2.45, 2.75) is 51.1 Å². The van der Waals surface area contributed by atoms with Gasteiger partial charge in [0.15, 0.2) is 0 Å². The summed E-state index contributed by atoms with van der Waals surface area (Å²) in [5.41, 5.74) is 2.06. The zero-order valence-electron chi connectivity index (χ0n) is 11.8. The molecule has 3 unspecified atom stereocenters. The molecule has 1 amide bonds. The number of carbonyl (C=O) groups is 1. The van der Waals surface area contributed by atoms with Crippen molar-refractivity contribution in [1.29, 1.82) is 0 Å². The lowest BCUT2D eigenvalue weighted by atomic mass is 9.85. The van der Waals surface area contributed by atoms with Gasteiger partial charge in [-0.15, -0.1) is 0 Å². The zero-order valence-corrected chi connectivity index (χ0v) is 13.9. The van der Waals surface area contributed by atoms with E-state index in [0.29, 0.717) is 12.0 Å². The van der Waals surface area contributed by atoms with Crippen molar-refractivity contribution in [2.75, 3.05) is 5.32 Å². The molecule has 3 atom stereocenters. The molecule has 0 spiro atoms. The van der Waals surface area contributed by atoms with E-state index in [1.54, 1.807) is 0 Å². The summed E-state index contributed by atoms with van der Waals surface area (Å²) < 4.78 is 1.20. The summed E-state index contributed by atoms with van der Waals surface area (Å²) in [6.07, 6.45) is 6.15. The highest BCUT2D eigenvalue weighted by atomic mass is 127. The molecule has 1 aliphatic heterocycles. The number of aryl methyl sites for hydroxylation is 1. The van der Waals surface area contributed by atoms with E-state index < -0.39 is 0 Å². The average molecular weight is 384 g/mol. The first-order valence-corrected chi connectivity index (χ1v) is 8.54. The summed E-state index contributed by atoms with van der Waals surface area (Å²) in [4.78, 5) is 12.4. The Balaban J connectivity index is 1.65. The predicted octanol–water partition coefficient (Wildman–Crippen LogP) is 3.46. The van der Waals surface area contributed by atoms with E-state index in [1.807, 2.05) is 19.1 Å². The van der Waals surface area contributed by atoms with Crippen LogP contribution in [0.5, 0.6) is 0 Å². The Bertz CT molecular complexity index is 503. The number of benzene rings is 1. The van der Waals surface area contributed by atoms with Crippen molar-refractivity contribution in [1.82, 2.24) is 5.32 Å². The minimum atomic E-state index is -0.0122. The van der Waals surface area contributed by atoms with Crippen LogP contribution in [0.2, 0.25) is 0 Å². The number of fused-ring (bicyclic) bond motifs is 1. The summed E-state index contributed by atoms with van der Waals surface area (Å²) in [5.74, 6) is 0.834. The minimum absolute atomic E-state index is 0.0122. The number of amides is 1. The molecule has 1 aliphatic carbocycles. The van der Waals surface area contributed by atoms with Gasteiger partial charge >= 0.3 is 0 Å². The maximum atomic E-state index is 12.4. The molecule has 2 fully saturated rings. The zero-order chi connectivity index (χ0) is 14.1. The molecule has 3 nitrogen and oxygen atoms in total. The molecule has 0 bridgehead atoms. The largest absolute Gasteiger partial charge is 0.324 e. The Hall–Kier alpha value is -0.620. The van der Waals surface area contributed by atoms with Crippen LogP contribution in [0.1, 0.15) is 37.7 Å². The van der Waals surface area contributed by atoms with Gasteiger partial charge in [-0.05, 0) is 78.5 Å². The Morgan fingerprint density at radius 1 is 1.35 bits per heavy atom. The molecule has 0 radical (unpaired) electrons. The first-order valence-electron chi connectivity index (χ1n) is 7.46. The molecule has 0 aromatic heterocycles.